The van der Waals surface area contributed by atoms with Gasteiger partial charge >= 0.3 is 5.97 Å². The molecule has 4 heteroatoms. The third-order valence-corrected chi connectivity index (χ3v) is 4.14. The maximum absolute atomic E-state index is 11.2. The minimum atomic E-state index is -0.865. The number of carboxylic acid groups (broad SMARTS) is 1. The molecule has 0 spiro atoms. The van der Waals surface area contributed by atoms with Crippen LogP contribution in [0.4, 0.5) is 0 Å². The van der Waals surface area contributed by atoms with Gasteiger partial charge in [-0.2, -0.15) is 0 Å². The molecule has 0 atom stereocenters. The molecule has 0 radical (unpaired) electrons. The summed E-state index contributed by atoms with van der Waals surface area (Å²) in [7, 11) is 0. The van der Waals surface area contributed by atoms with E-state index in [0.29, 0.717) is 5.56 Å². The van der Waals surface area contributed by atoms with Gasteiger partial charge in [-0.25, -0.2) is 9.78 Å². The fraction of sp³-hybridized carbons (Fsp3) is 0.200. The van der Waals surface area contributed by atoms with Crippen LogP contribution in [0.5, 0.6) is 0 Å². The number of aromatic nitrogens is 2. The highest BCUT2D eigenvalue weighted by Gasteiger charge is 2.08. The van der Waals surface area contributed by atoms with Crippen molar-refractivity contribution in [3.8, 4) is 11.4 Å². The number of benzene rings is 2. The highest BCUT2D eigenvalue weighted by atomic mass is 16.4. The first kappa shape index (κ1) is 16.0. The van der Waals surface area contributed by atoms with Gasteiger partial charge in [0.2, 0.25) is 0 Å². The normalized spacial score (nSPS) is 10.7. The number of carbonyl (C=O) groups is 1. The zero-order valence-corrected chi connectivity index (χ0v) is 13.6. The SMILES string of the molecule is Cc1ccc(CCCn2ccnc2-c2ccccc2)cc1C(=O)O. The molecule has 0 saturated carbocycles. The summed E-state index contributed by atoms with van der Waals surface area (Å²) in [4.78, 5) is 15.7. The molecule has 24 heavy (non-hydrogen) atoms. The summed E-state index contributed by atoms with van der Waals surface area (Å²) in [5, 5.41) is 9.22. The van der Waals surface area contributed by atoms with Gasteiger partial charge in [0.05, 0.1) is 5.56 Å². The van der Waals surface area contributed by atoms with E-state index in [4.69, 9.17) is 0 Å². The molecule has 3 aromatic rings. The molecule has 0 aliphatic rings. The van der Waals surface area contributed by atoms with Gasteiger partial charge in [0.15, 0.2) is 0 Å². The second kappa shape index (κ2) is 7.13. The Kier molecular flexibility index (Phi) is 4.75. The van der Waals surface area contributed by atoms with Crippen molar-refractivity contribution in [2.24, 2.45) is 0 Å². The highest BCUT2D eigenvalue weighted by molar-refractivity contribution is 5.89. The second-order valence-corrected chi connectivity index (χ2v) is 5.87. The van der Waals surface area contributed by atoms with Crippen LogP contribution < -0.4 is 0 Å². The van der Waals surface area contributed by atoms with Crippen molar-refractivity contribution in [2.45, 2.75) is 26.3 Å². The van der Waals surface area contributed by atoms with E-state index in [2.05, 4.69) is 21.7 Å². The van der Waals surface area contributed by atoms with Gasteiger partial charge in [0.25, 0.3) is 0 Å². The van der Waals surface area contributed by atoms with E-state index >= 15 is 0 Å². The standard InChI is InChI=1S/C20H20N2O2/c1-15-9-10-16(14-18(15)20(23)24)6-5-12-22-13-11-21-19(22)17-7-3-2-4-8-17/h2-4,7-11,13-14H,5-6,12H2,1H3,(H,23,24). The molecule has 1 N–H and O–H groups in total. The lowest BCUT2D eigenvalue weighted by Gasteiger charge is -2.09. The first-order chi connectivity index (χ1) is 11.6. The van der Waals surface area contributed by atoms with E-state index in [1.807, 2.05) is 49.6 Å². The third kappa shape index (κ3) is 3.54. The summed E-state index contributed by atoms with van der Waals surface area (Å²) in [6.45, 7) is 2.67. The molecule has 0 aliphatic heterocycles. The van der Waals surface area contributed by atoms with Crippen molar-refractivity contribution >= 4 is 5.97 Å². The molecule has 0 amide bonds. The molecule has 0 bridgehead atoms. The Labute approximate surface area is 141 Å². The lowest BCUT2D eigenvalue weighted by molar-refractivity contribution is 0.0696. The van der Waals surface area contributed by atoms with Crippen LogP contribution in [0.3, 0.4) is 0 Å². The molecule has 0 unspecified atom stereocenters. The molecule has 0 saturated heterocycles. The molecule has 0 aliphatic carbocycles. The number of aryl methyl sites for hydroxylation is 3. The zero-order chi connectivity index (χ0) is 16.9. The van der Waals surface area contributed by atoms with Crippen molar-refractivity contribution in [3.63, 3.8) is 0 Å². The molecule has 4 nitrogen and oxygen atoms in total. The predicted molar refractivity (Wildman–Crippen MR) is 94.1 cm³/mol. The lowest BCUT2D eigenvalue weighted by Crippen LogP contribution is -2.03. The number of imidazole rings is 1. The maximum Gasteiger partial charge on any atom is 0.335 e. The van der Waals surface area contributed by atoms with Crippen LogP contribution in [0, 0.1) is 6.92 Å². The summed E-state index contributed by atoms with van der Waals surface area (Å²) < 4.78 is 2.14. The van der Waals surface area contributed by atoms with Crippen molar-refractivity contribution < 1.29 is 9.90 Å². The van der Waals surface area contributed by atoms with Gasteiger partial charge in [-0.1, -0.05) is 42.5 Å². The number of carboxylic acids is 1. The Balaban J connectivity index is 1.67. The maximum atomic E-state index is 11.2. The van der Waals surface area contributed by atoms with Gasteiger partial charge in [0.1, 0.15) is 5.82 Å². The molecule has 122 valence electrons. The molecule has 0 fully saturated rings. The van der Waals surface area contributed by atoms with Crippen molar-refractivity contribution in [3.05, 3.63) is 77.6 Å². The highest BCUT2D eigenvalue weighted by Crippen LogP contribution is 2.18. The van der Waals surface area contributed by atoms with E-state index in [-0.39, 0.29) is 0 Å². The Hall–Kier alpha value is -2.88. The molecule has 1 aromatic heterocycles. The van der Waals surface area contributed by atoms with E-state index < -0.39 is 5.97 Å². The largest absolute Gasteiger partial charge is 0.478 e. The monoisotopic (exact) mass is 320 g/mol. The van der Waals surface area contributed by atoms with Crippen LogP contribution in [0.1, 0.15) is 27.9 Å². The van der Waals surface area contributed by atoms with Crippen molar-refractivity contribution in [2.75, 3.05) is 0 Å². The van der Waals surface area contributed by atoms with E-state index in [0.717, 1.165) is 41.9 Å². The van der Waals surface area contributed by atoms with Crippen LogP contribution in [0.15, 0.2) is 60.9 Å². The first-order valence-corrected chi connectivity index (χ1v) is 8.04. The summed E-state index contributed by atoms with van der Waals surface area (Å²) in [5.41, 5.74) is 3.35. The third-order valence-electron chi connectivity index (χ3n) is 4.14. The Morgan fingerprint density at radius 3 is 2.71 bits per heavy atom. The average Bonchev–Trinajstić information content (AvgIpc) is 3.05. The summed E-state index contributed by atoms with van der Waals surface area (Å²) in [6.07, 6.45) is 5.57. The Morgan fingerprint density at radius 2 is 1.96 bits per heavy atom. The smallest absolute Gasteiger partial charge is 0.335 e. The van der Waals surface area contributed by atoms with Crippen LogP contribution in [-0.4, -0.2) is 20.6 Å². The molecule has 2 aromatic carbocycles. The molecule has 3 rings (SSSR count). The minimum absolute atomic E-state index is 0.389. The van der Waals surface area contributed by atoms with Crippen LogP contribution >= 0.6 is 0 Å². The van der Waals surface area contributed by atoms with Gasteiger partial charge in [0, 0.05) is 24.5 Å². The lowest BCUT2D eigenvalue weighted by atomic mass is 10.0. The Bertz CT molecular complexity index is 838. The molecule has 1 heterocycles. The van der Waals surface area contributed by atoms with Crippen molar-refractivity contribution in [1.29, 1.82) is 0 Å². The summed E-state index contributed by atoms with van der Waals surface area (Å²) in [5.74, 6) is 0.0982. The van der Waals surface area contributed by atoms with E-state index in [1.165, 1.54) is 0 Å². The number of nitrogens with zero attached hydrogens (tertiary/aromatic N) is 2. The van der Waals surface area contributed by atoms with Gasteiger partial charge < -0.3 is 9.67 Å². The number of rotatable bonds is 6. The van der Waals surface area contributed by atoms with E-state index in [9.17, 15) is 9.90 Å². The summed E-state index contributed by atoms with van der Waals surface area (Å²) in [6, 6.07) is 15.8. The molecular formula is C20H20N2O2. The van der Waals surface area contributed by atoms with Crippen LogP contribution in [0.2, 0.25) is 0 Å². The molecular weight excluding hydrogens is 300 g/mol. The first-order valence-electron chi connectivity index (χ1n) is 8.04. The summed E-state index contributed by atoms with van der Waals surface area (Å²) >= 11 is 0. The van der Waals surface area contributed by atoms with E-state index in [1.54, 1.807) is 6.07 Å². The second-order valence-electron chi connectivity index (χ2n) is 5.87. The van der Waals surface area contributed by atoms with Crippen LogP contribution in [0.25, 0.3) is 11.4 Å². The predicted octanol–water partition coefficient (Wildman–Crippen LogP) is 4.19. The van der Waals surface area contributed by atoms with Crippen LogP contribution in [-0.2, 0) is 13.0 Å². The number of hydrogen-bond donors (Lipinski definition) is 1. The van der Waals surface area contributed by atoms with Gasteiger partial charge in [-0.3, -0.25) is 0 Å². The quantitative estimate of drug-likeness (QED) is 0.741. The van der Waals surface area contributed by atoms with Crippen molar-refractivity contribution in [1.82, 2.24) is 9.55 Å². The fourth-order valence-corrected chi connectivity index (χ4v) is 2.85. The zero-order valence-electron chi connectivity index (χ0n) is 13.6. The number of aromatic carboxylic acids is 1. The van der Waals surface area contributed by atoms with Gasteiger partial charge in [-0.15, -0.1) is 0 Å². The van der Waals surface area contributed by atoms with Gasteiger partial charge in [-0.05, 0) is 37.0 Å². The number of hydrogen-bond acceptors (Lipinski definition) is 2. The minimum Gasteiger partial charge on any atom is -0.478 e. The Morgan fingerprint density at radius 1 is 1.17 bits per heavy atom. The topological polar surface area (TPSA) is 55.1 Å². The average molecular weight is 320 g/mol. The fourth-order valence-electron chi connectivity index (χ4n) is 2.85.